The molecule has 0 aliphatic rings. The molecule has 0 aliphatic heterocycles. The van der Waals surface area contributed by atoms with Crippen molar-refractivity contribution in [1.82, 2.24) is 14.3 Å². The zero-order chi connectivity index (χ0) is 11.3. The summed E-state index contributed by atoms with van der Waals surface area (Å²) >= 11 is 0. The van der Waals surface area contributed by atoms with Gasteiger partial charge in [0.1, 0.15) is 0 Å². The fourth-order valence-corrected chi connectivity index (χ4v) is 2.05. The van der Waals surface area contributed by atoms with E-state index in [0.717, 1.165) is 0 Å². The fourth-order valence-electron chi connectivity index (χ4n) is 0.999. The largest absolute Gasteiger partial charge is 0.339 e. The average Bonchev–Trinajstić information content (AvgIpc) is 2.60. The zero-order valence-electron chi connectivity index (χ0n) is 8.47. The van der Waals surface area contributed by atoms with E-state index in [9.17, 15) is 8.42 Å². The number of aryl methyl sites for hydroxylation is 1. The molecule has 0 bridgehead atoms. The van der Waals surface area contributed by atoms with Gasteiger partial charge in [0.2, 0.25) is 0 Å². The molecule has 82 valence electrons. The predicted molar refractivity (Wildman–Crippen MR) is 56.5 cm³/mol. The minimum atomic E-state index is -3.47. The second-order valence-electron chi connectivity index (χ2n) is 3.08. The molecule has 0 amide bonds. The molecule has 0 aliphatic carbocycles. The Morgan fingerprint density at radius 1 is 1.67 bits per heavy atom. The van der Waals surface area contributed by atoms with Crippen LogP contribution in [0.1, 0.15) is 12.8 Å². The van der Waals surface area contributed by atoms with Gasteiger partial charge in [0.05, 0.1) is 6.33 Å². The molecule has 1 aromatic rings. The summed E-state index contributed by atoms with van der Waals surface area (Å²) in [7, 11) is -1.76. The van der Waals surface area contributed by atoms with E-state index < -0.39 is 10.0 Å². The summed E-state index contributed by atoms with van der Waals surface area (Å²) in [6.45, 7) is 0.336. The van der Waals surface area contributed by atoms with Crippen molar-refractivity contribution in [1.29, 1.82) is 0 Å². The Hall–Kier alpha value is -1.32. The monoisotopic (exact) mass is 227 g/mol. The molecule has 1 rings (SSSR count). The fraction of sp³-hybridized carbons (Fsp3) is 0.444. The Morgan fingerprint density at radius 3 is 2.93 bits per heavy atom. The lowest BCUT2D eigenvalue weighted by molar-refractivity contribution is 0.576. The minimum absolute atomic E-state index is 0.0331. The third kappa shape index (κ3) is 3.38. The highest BCUT2D eigenvalue weighted by Crippen LogP contribution is 2.03. The highest BCUT2D eigenvalue weighted by Gasteiger charge is 2.15. The number of imidazole rings is 1. The summed E-state index contributed by atoms with van der Waals surface area (Å²) in [5.41, 5.74) is 0. The molecule has 0 fully saturated rings. The van der Waals surface area contributed by atoms with Gasteiger partial charge in [-0.2, -0.15) is 0 Å². The number of unbranched alkanes of at least 4 members (excludes halogenated alkanes) is 1. The molecule has 1 aromatic heterocycles. The summed E-state index contributed by atoms with van der Waals surface area (Å²) < 4.78 is 27.1. The number of nitrogens with one attached hydrogen (secondary N) is 1. The Morgan fingerprint density at radius 2 is 2.40 bits per heavy atom. The lowest BCUT2D eigenvalue weighted by atomic mass is 10.3. The number of sulfonamides is 1. The minimum Gasteiger partial charge on any atom is -0.339 e. The second kappa shape index (κ2) is 4.96. The summed E-state index contributed by atoms with van der Waals surface area (Å²) in [5.74, 6) is 2.44. The van der Waals surface area contributed by atoms with Gasteiger partial charge in [0.25, 0.3) is 10.0 Å². The molecule has 0 aromatic carbocycles. The maximum Gasteiger partial charge on any atom is 0.259 e. The molecule has 0 saturated carbocycles. The molecule has 0 saturated heterocycles. The van der Waals surface area contributed by atoms with Gasteiger partial charge in [-0.25, -0.2) is 18.1 Å². The maximum absolute atomic E-state index is 11.6. The first kappa shape index (κ1) is 11.8. The third-order valence-electron chi connectivity index (χ3n) is 1.75. The van der Waals surface area contributed by atoms with Crippen LogP contribution in [0.15, 0.2) is 17.6 Å². The van der Waals surface area contributed by atoms with Gasteiger partial charge < -0.3 is 4.57 Å². The van der Waals surface area contributed by atoms with E-state index in [1.807, 2.05) is 0 Å². The first-order valence-corrected chi connectivity index (χ1v) is 5.95. The van der Waals surface area contributed by atoms with Gasteiger partial charge in [-0.3, -0.25) is 0 Å². The van der Waals surface area contributed by atoms with E-state index in [0.29, 0.717) is 19.4 Å². The van der Waals surface area contributed by atoms with Gasteiger partial charge in [-0.1, -0.05) is 0 Å². The van der Waals surface area contributed by atoms with Crippen molar-refractivity contribution in [2.24, 2.45) is 7.05 Å². The molecular formula is C9H13N3O2S. The average molecular weight is 227 g/mol. The first-order valence-electron chi connectivity index (χ1n) is 4.47. The van der Waals surface area contributed by atoms with Gasteiger partial charge in [0, 0.05) is 26.2 Å². The van der Waals surface area contributed by atoms with Crippen molar-refractivity contribution >= 4 is 10.0 Å². The van der Waals surface area contributed by atoms with Gasteiger partial charge in [-0.15, -0.1) is 12.3 Å². The van der Waals surface area contributed by atoms with Crippen LogP contribution in [0.5, 0.6) is 0 Å². The standard InChI is InChI=1S/C9H13N3O2S/c1-3-4-5-6-11-15(13,14)9-7-12(2)8-10-9/h1,7-8,11H,4-6H2,2H3. The zero-order valence-corrected chi connectivity index (χ0v) is 9.29. The van der Waals surface area contributed by atoms with Crippen molar-refractivity contribution in [2.75, 3.05) is 6.54 Å². The van der Waals surface area contributed by atoms with Crippen molar-refractivity contribution < 1.29 is 8.42 Å². The summed E-state index contributed by atoms with van der Waals surface area (Å²) in [6.07, 6.45) is 9.13. The van der Waals surface area contributed by atoms with Crippen LogP contribution in [0.3, 0.4) is 0 Å². The highest BCUT2D eigenvalue weighted by atomic mass is 32.2. The van der Waals surface area contributed by atoms with Crippen LogP contribution in [0.2, 0.25) is 0 Å². The molecule has 1 heterocycles. The number of aromatic nitrogens is 2. The third-order valence-corrected chi connectivity index (χ3v) is 3.09. The van der Waals surface area contributed by atoms with Crippen molar-refractivity contribution in [3.63, 3.8) is 0 Å². The van der Waals surface area contributed by atoms with Gasteiger partial charge in [0.15, 0.2) is 5.03 Å². The smallest absolute Gasteiger partial charge is 0.259 e. The van der Waals surface area contributed by atoms with Crippen LogP contribution in [-0.2, 0) is 17.1 Å². The number of terminal acetylenes is 1. The lowest BCUT2D eigenvalue weighted by Gasteiger charge is -2.01. The summed E-state index contributed by atoms with van der Waals surface area (Å²) in [6, 6.07) is 0. The summed E-state index contributed by atoms with van der Waals surface area (Å²) in [5, 5.41) is 0.0331. The Bertz CT molecular complexity index is 456. The normalized spacial score (nSPS) is 11.2. The molecule has 0 radical (unpaired) electrons. The molecule has 0 unspecified atom stereocenters. The van der Waals surface area contributed by atoms with Crippen LogP contribution in [0.25, 0.3) is 0 Å². The maximum atomic E-state index is 11.6. The molecule has 0 atom stereocenters. The van der Waals surface area contributed by atoms with Crippen molar-refractivity contribution in [3.05, 3.63) is 12.5 Å². The first-order chi connectivity index (χ1) is 7.06. The van der Waals surface area contributed by atoms with E-state index in [1.54, 1.807) is 11.6 Å². The van der Waals surface area contributed by atoms with Crippen LogP contribution in [0, 0.1) is 12.3 Å². The number of nitrogens with zero attached hydrogens (tertiary/aromatic N) is 2. The van der Waals surface area contributed by atoms with E-state index in [1.165, 1.54) is 12.5 Å². The quantitative estimate of drug-likeness (QED) is 0.573. The topological polar surface area (TPSA) is 64.0 Å². The van der Waals surface area contributed by atoms with Crippen LogP contribution in [-0.4, -0.2) is 24.5 Å². The van der Waals surface area contributed by atoms with E-state index in [2.05, 4.69) is 15.6 Å². The molecule has 1 N–H and O–H groups in total. The van der Waals surface area contributed by atoms with Crippen LogP contribution < -0.4 is 4.72 Å². The molecular weight excluding hydrogens is 214 g/mol. The van der Waals surface area contributed by atoms with E-state index in [4.69, 9.17) is 6.42 Å². The van der Waals surface area contributed by atoms with Crippen LogP contribution in [0.4, 0.5) is 0 Å². The molecule has 15 heavy (non-hydrogen) atoms. The second-order valence-corrected chi connectivity index (χ2v) is 4.80. The molecule has 0 spiro atoms. The SMILES string of the molecule is C#CCCCNS(=O)(=O)c1cn(C)cn1. The van der Waals surface area contributed by atoms with Gasteiger partial charge >= 0.3 is 0 Å². The van der Waals surface area contributed by atoms with Gasteiger partial charge in [-0.05, 0) is 6.42 Å². The predicted octanol–water partition coefficient (Wildman–Crippen LogP) is 0.112. The summed E-state index contributed by atoms with van der Waals surface area (Å²) in [4.78, 5) is 3.76. The van der Waals surface area contributed by atoms with Crippen molar-refractivity contribution in [3.8, 4) is 12.3 Å². The van der Waals surface area contributed by atoms with E-state index >= 15 is 0 Å². The number of hydrogen-bond acceptors (Lipinski definition) is 3. The Balaban J connectivity index is 2.57. The molecule has 6 heteroatoms. The highest BCUT2D eigenvalue weighted by molar-refractivity contribution is 7.89. The Labute approximate surface area is 89.6 Å². The van der Waals surface area contributed by atoms with Crippen molar-refractivity contribution in [2.45, 2.75) is 17.9 Å². The lowest BCUT2D eigenvalue weighted by Crippen LogP contribution is -2.25. The molecule has 5 nitrogen and oxygen atoms in total. The number of hydrogen-bond donors (Lipinski definition) is 1. The number of rotatable bonds is 5. The van der Waals surface area contributed by atoms with Crippen LogP contribution >= 0.6 is 0 Å². The Kier molecular flexibility index (Phi) is 3.88. The van der Waals surface area contributed by atoms with E-state index in [-0.39, 0.29) is 5.03 Å².